The second kappa shape index (κ2) is 8.00. The van der Waals surface area contributed by atoms with Gasteiger partial charge in [0.2, 0.25) is 5.44 Å². The summed E-state index contributed by atoms with van der Waals surface area (Å²) < 4.78 is 13.0. The number of nitrogens with two attached hydrogens (primary N) is 1. The van der Waals surface area contributed by atoms with Crippen molar-refractivity contribution >= 4 is 23.5 Å². The van der Waals surface area contributed by atoms with E-state index in [0.29, 0.717) is 23.5 Å². The summed E-state index contributed by atoms with van der Waals surface area (Å²) in [4.78, 5) is 28.3. The highest BCUT2D eigenvalue weighted by atomic mass is 32.2. The fourth-order valence-electron chi connectivity index (χ4n) is 3.76. The van der Waals surface area contributed by atoms with Gasteiger partial charge in [0.25, 0.3) is 0 Å². The minimum atomic E-state index is -0.713. The Kier molecular flexibility index (Phi) is 5.92. The second-order valence-corrected chi connectivity index (χ2v) is 8.69. The summed E-state index contributed by atoms with van der Waals surface area (Å²) >= 11 is 1.35. The summed E-state index contributed by atoms with van der Waals surface area (Å²) in [6, 6.07) is 1.54. The molecule has 7 nitrogen and oxygen atoms in total. The first-order valence-electron chi connectivity index (χ1n) is 9.17. The van der Waals surface area contributed by atoms with Gasteiger partial charge in [0.15, 0.2) is 0 Å². The molecule has 1 aliphatic carbocycles. The molecule has 1 aromatic rings. The summed E-state index contributed by atoms with van der Waals surface area (Å²) in [6.07, 6.45) is 4.11. The Morgan fingerprint density at radius 1 is 1.46 bits per heavy atom. The summed E-state index contributed by atoms with van der Waals surface area (Å²) in [7, 11) is 0. The fourth-order valence-corrected chi connectivity index (χ4v) is 4.74. The van der Waals surface area contributed by atoms with E-state index in [2.05, 4.69) is 25.8 Å². The van der Waals surface area contributed by atoms with Crippen LogP contribution in [0.3, 0.4) is 0 Å². The Labute approximate surface area is 157 Å². The zero-order valence-corrected chi connectivity index (χ0v) is 16.3. The van der Waals surface area contributed by atoms with E-state index < -0.39 is 17.4 Å². The van der Waals surface area contributed by atoms with Crippen LogP contribution in [0.25, 0.3) is 0 Å². The van der Waals surface area contributed by atoms with Crippen LogP contribution in [0.1, 0.15) is 46.3 Å². The van der Waals surface area contributed by atoms with Crippen molar-refractivity contribution in [1.29, 1.82) is 0 Å². The van der Waals surface area contributed by atoms with E-state index in [4.69, 9.17) is 15.2 Å². The van der Waals surface area contributed by atoms with E-state index in [0.717, 1.165) is 12.8 Å². The molecule has 2 fully saturated rings. The quantitative estimate of drug-likeness (QED) is 0.800. The number of nitrogen functional groups attached to an aromatic ring is 1. The number of ether oxygens (including phenoxy) is 2. The molecule has 2 N–H and O–H groups in total. The van der Waals surface area contributed by atoms with Crippen molar-refractivity contribution in [3.8, 4) is 0 Å². The maximum atomic E-state index is 12.6. The Morgan fingerprint density at radius 2 is 2.23 bits per heavy atom. The summed E-state index contributed by atoms with van der Waals surface area (Å²) in [5.74, 6) is 1.73. The van der Waals surface area contributed by atoms with Crippen molar-refractivity contribution in [2.45, 2.75) is 57.8 Å². The van der Waals surface area contributed by atoms with E-state index in [-0.39, 0.29) is 17.9 Å². The van der Waals surface area contributed by atoms with Gasteiger partial charge in [-0.3, -0.25) is 4.57 Å². The van der Waals surface area contributed by atoms with E-state index >= 15 is 0 Å². The number of nitrogens with zero attached hydrogens (tertiary/aromatic N) is 2. The molecule has 0 aromatic carbocycles. The molecule has 2 aliphatic rings. The van der Waals surface area contributed by atoms with Gasteiger partial charge in [0.05, 0.1) is 0 Å². The molecule has 26 heavy (non-hydrogen) atoms. The number of carbonyl (C=O) groups excluding carboxylic acids is 1. The normalized spacial score (nSPS) is 31.9. The van der Waals surface area contributed by atoms with Gasteiger partial charge in [0, 0.05) is 11.9 Å². The monoisotopic (exact) mass is 381 g/mol. The number of hydrogen-bond donors (Lipinski definition) is 1. The molecule has 0 spiro atoms. The van der Waals surface area contributed by atoms with Gasteiger partial charge in [-0.25, -0.2) is 9.59 Å². The molecular formula is C18H27N3O4S. The molecule has 0 amide bonds. The molecule has 1 aliphatic heterocycles. The van der Waals surface area contributed by atoms with Crippen molar-refractivity contribution in [3.63, 3.8) is 0 Å². The van der Waals surface area contributed by atoms with Crippen LogP contribution >= 0.6 is 11.8 Å². The van der Waals surface area contributed by atoms with Crippen LogP contribution in [0, 0.1) is 17.8 Å². The van der Waals surface area contributed by atoms with E-state index in [1.807, 2.05) is 0 Å². The molecule has 8 heteroatoms. The van der Waals surface area contributed by atoms with Crippen LogP contribution in [0.15, 0.2) is 17.1 Å². The lowest BCUT2D eigenvalue weighted by molar-refractivity contribution is -0.166. The third-order valence-electron chi connectivity index (χ3n) is 5.25. The smallest absolute Gasteiger partial charge is 0.351 e. The molecule has 1 saturated carbocycles. The van der Waals surface area contributed by atoms with Crippen LogP contribution in [0.4, 0.5) is 5.82 Å². The lowest BCUT2D eigenvalue weighted by Gasteiger charge is -2.37. The number of esters is 1. The van der Waals surface area contributed by atoms with Gasteiger partial charge in [-0.1, -0.05) is 27.2 Å². The highest BCUT2D eigenvalue weighted by molar-refractivity contribution is 8.00. The number of rotatable bonds is 4. The average molecular weight is 381 g/mol. The molecule has 0 radical (unpaired) electrons. The lowest BCUT2D eigenvalue weighted by Crippen LogP contribution is -2.38. The van der Waals surface area contributed by atoms with E-state index in [9.17, 15) is 9.59 Å². The predicted octanol–water partition coefficient (Wildman–Crippen LogP) is 2.42. The van der Waals surface area contributed by atoms with Gasteiger partial charge in [-0.15, -0.1) is 11.8 Å². The van der Waals surface area contributed by atoms with Crippen LogP contribution < -0.4 is 11.4 Å². The van der Waals surface area contributed by atoms with Gasteiger partial charge in [0.1, 0.15) is 18.1 Å². The molecule has 1 aromatic heterocycles. The van der Waals surface area contributed by atoms with Crippen molar-refractivity contribution < 1.29 is 14.3 Å². The molecular weight excluding hydrogens is 354 g/mol. The van der Waals surface area contributed by atoms with Gasteiger partial charge in [-0.2, -0.15) is 4.98 Å². The Balaban J connectivity index is 1.63. The molecule has 1 saturated heterocycles. The Hall–Kier alpha value is -1.54. The highest BCUT2D eigenvalue weighted by Gasteiger charge is 2.38. The van der Waals surface area contributed by atoms with Gasteiger partial charge >= 0.3 is 11.7 Å². The number of anilines is 1. The van der Waals surface area contributed by atoms with Gasteiger partial charge < -0.3 is 15.2 Å². The zero-order chi connectivity index (χ0) is 18.8. The minimum absolute atomic E-state index is 0.0598. The Bertz CT molecular complexity index is 708. The maximum absolute atomic E-state index is 12.6. The first-order chi connectivity index (χ1) is 12.3. The minimum Gasteiger partial charge on any atom is -0.459 e. The summed E-state index contributed by atoms with van der Waals surface area (Å²) in [6.45, 7) is 6.56. The van der Waals surface area contributed by atoms with Gasteiger partial charge in [-0.05, 0) is 36.7 Å². The standard InChI is InChI=1S/C18H27N3O4S/c1-10(2)12-5-4-11(3)8-13(12)24-16(22)17-25-15(9-26-17)21-7-6-14(19)20-18(21)23/h6-7,10-13,15,17H,4-5,8-9H2,1-3H3,(H2,19,20,23)/t11-,12+,13-,15?,17?/m1/s1. The van der Waals surface area contributed by atoms with Crippen LogP contribution in [-0.2, 0) is 14.3 Å². The van der Waals surface area contributed by atoms with Crippen molar-refractivity contribution in [1.82, 2.24) is 9.55 Å². The number of carbonyl (C=O) groups is 1. The van der Waals surface area contributed by atoms with E-state index in [1.165, 1.54) is 28.8 Å². The molecule has 144 valence electrons. The zero-order valence-electron chi connectivity index (χ0n) is 15.5. The molecule has 3 rings (SSSR count). The predicted molar refractivity (Wildman–Crippen MR) is 101 cm³/mol. The number of thioether (sulfide) groups is 1. The Morgan fingerprint density at radius 3 is 2.92 bits per heavy atom. The first kappa shape index (κ1) is 19.2. The van der Waals surface area contributed by atoms with Crippen molar-refractivity contribution in [2.75, 3.05) is 11.5 Å². The first-order valence-corrected chi connectivity index (χ1v) is 10.2. The SMILES string of the molecule is CC(C)[C@@H]1CC[C@@H](C)C[C@H]1OC(=O)C1OC(n2ccc(N)nc2=O)CS1. The number of hydrogen-bond acceptors (Lipinski definition) is 7. The maximum Gasteiger partial charge on any atom is 0.351 e. The summed E-state index contributed by atoms with van der Waals surface area (Å²) in [5.41, 5.74) is 4.32. The second-order valence-electron chi connectivity index (χ2n) is 7.60. The van der Waals surface area contributed by atoms with Crippen LogP contribution in [0.5, 0.6) is 0 Å². The average Bonchev–Trinajstić information content (AvgIpc) is 3.04. The van der Waals surface area contributed by atoms with Crippen LogP contribution in [0.2, 0.25) is 0 Å². The highest BCUT2D eigenvalue weighted by Crippen LogP contribution is 2.37. The largest absolute Gasteiger partial charge is 0.459 e. The number of aromatic nitrogens is 2. The van der Waals surface area contributed by atoms with Crippen molar-refractivity contribution in [2.24, 2.45) is 17.8 Å². The molecule has 2 heterocycles. The molecule has 0 bridgehead atoms. The molecule has 5 atom stereocenters. The van der Waals surface area contributed by atoms with E-state index in [1.54, 1.807) is 6.20 Å². The summed E-state index contributed by atoms with van der Waals surface area (Å²) in [5, 5.41) is 0. The van der Waals surface area contributed by atoms with Crippen molar-refractivity contribution in [3.05, 3.63) is 22.7 Å². The topological polar surface area (TPSA) is 96.4 Å². The van der Waals surface area contributed by atoms with Crippen LogP contribution in [-0.4, -0.2) is 32.8 Å². The lowest BCUT2D eigenvalue weighted by atomic mass is 9.75. The third kappa shape index (κ3) is 4.23. The third-order valence-corrected chi connectivity index (χ3v) is 6.34. The molecule has 2 unspecified atom stereocenters. The fraction of sp³-hybridized carbons (Fsp3) is 0.722.